The van der Waals surface area contributed by atoms with Crippen molar-refractivity contribution in [3.63, 3.8) is 0 Å². The Bertz CT molecular complexity index is 1050. The molecule has 2 aromatic carbocycles. The summed E-state index contributed by atoms with van der Waals surface area (Å²) >= 11 is 0. The van der Waals surface area contributed by atoms with Gasteiger partial charge in [0.2, 0.25) is 0 Å². The van der Waals surface area contributed by atoms with Gasteiger partial charge in [-0.1, -0.05) is 24.3 Å². The van der Waals surface area contributed by atoms with Gasteiger partial charge in [0.1, 0.15) is 0 Å². The first-order valence-corrected chi connectivity index (χ1v) is 12.5. The lowest BCUT2D eigenvalue weighted by atomic mass is 10.2. The summed E-state index contributed by atoms with van der Waals surface area (Å²) in [6, 6.07) is 13.5. The van der Waals surface area contributed by atoms with E-state index in [2.05, 4.69) is 10.2 Å². The first kappa shape index (κ1) is 23.7. The standard InChI is InChI=1S/C23H29N3O5S/c1-3-31-22(27)20-7-4-5-8-21(20)24-23(28)26-14-6-13-25(15-16-26)17-18-9-11-19(12-10-18)32(2,29)30/h4-5,7-12H,3,6,13-17H2,1-2H3,(H,24,28). The average Bonchev–Trinajstić information content (AvgIpc) is 3.00. The molecule has 0 radical (unpaired) electrons. The van der Waals surface area contributed by atoms with Crippen LogP contribution in [0.5, 0.6) is 0 Å². The van der Waals surface area contributed by atoms with Crippen LogP contribution in [-0.2, 0) is 21.1 Å². The predicted molar refractivity (Wildman–Crippen MR) is 122 cm³/mol. The average molecular weight is 460 g/mol. The number of sulfone groups is 1. The summed E-state index contributed by atoms with van der Waals surface area (Å²) in [5.74, 6) is -0.465. The quantitative estimate of drug-likeness (QED) is 0.667. The van der Waals surface area contributed by atoms with E-state index in [1.54, 1.807) is 48.2 Å². The van der Waals surface area contributed by atoms with Crippen molar-refractivity contribution in [2.24, 2.45) is 0 Å². The number of hydrogen-bond donors (Lipinski definition) is 1. The zero-order valence-electron chi connectivity index (χ0n) is 18.4. The lowest BCUT2D eigenvalue weighted by molar-refractivity contribution is 0.0527. The molecule has 0 aromatic heterocycles. The highest BCUT2D eigenvalue weighted by Gasteiger charge is 2.21. The highest BCUT2D eigenvalue weighted by atomic mass is 32.2. The Labute approximate surface area is 189 Å². The Morgan fingerprint density at radius 1 is 1.00 bits per heavy atom. The van der Waals surface area contributed by atoms with Crippen molar-refractivity contribution in [2.45, 2.75) is 24.8 Å². The maximum absolute atomic E-state index is 12.8. The summed E-state index contributed by atoms with van der Waals surface area (Å²) in [6.45, 7) is 5.37. The van der Waals surface area contributed by atoms with E-state index in [0.717, 1.165) is 18.5 Å². The van der Waals surface area contributed by atoms with Crippen molar-refractivity contribution < 1.29 is 22.7 Å². The molecule has 0 atom stereocenters. The van der Waals surface area contributed by atoms with Crippen LogP contribution >= 0.6 is 0 Å². The molecule has 172 valence electrons. The van der Waals surface area contributed by atoms with Crippen molar-refractivity contribution in [1.82, 2.24) is 9.80 Å². The molecule has 1 N–H and O–H groups in total. The summed E-state index contributed by atoms with van der Waals surface area (Å²) in [5.41, 5.74) is 1.79. The monoisotopic (exact) mass is 459 g/mol. The van der Waals surface area contributed by atoms with Crippen LogP contribution in [0.15, 0.2) is 53.4 Å². The first-order chi connectivity index (χ1) is 15.3. The molecule has 1 fully saturated rings. The van der Waals surface area contributed by atoms with E-state index in [-0.39, 0.29) is 12.6 Å². The SMILES string of the molecule is CCOC(=O)c1ccccc1NC(=O)N1CCCN(Cc2ccc(S(C)(=O)=O)cc2)CC1. The highest BCUT2D eigenvalue weighted by molar-refractivity contribution is 7.90. The Kier molecular flexibility index (Phi) is 7.87. The first-order valence-electron chi connectivity index (χ1n) is 10.6. The molecule has 0 saturated carbocycles. The number of para-hydroxylation sites is 1. The molecular weight excluding hydrogens is 430 g/mol. The Hall–Kier alpha value is -2.91. The molecule has 0 aliphatic carbocycles. The molecule has 2 aromatic rings. The number of hydrogen-bond acceptors (Lipinski definition) is 6. The van der Waals surface area contributed by atoms with Gasteiger partial charge in [0.05, 0.1) is 22.8 Å². The van der Waals surface area contributed by atoms with Gasteiger partial charge in [-0.05, 0) is 43.2 Å². The second-order valence-corrected chi connectivity index (χ2v) is 9.74. The zero-order chi connectivity index (χ0) is 23.1. The van der Waals surface area contributed by atoms with Crippen LogP contribution in [-0.4, -0.2) is 69.3 Å². The molecular formula is C23H29N3O5S. The molecule has 9 heteroatoms. The van der Waals surface area contributed by atoms with Gasteiger partial charge in [0, 0.05) is 39.0 Å². The molecule has 8 nitrogen and oxygen atoms in total. The van der Waals surface area contributed by atoms with Gasteiger partial charge < -0.3 is 15.0 Å². The molecule has 2 amide bonds. The number of urea groups is 1. The van der Waals surface area contributed by atoms with Crippen molar-refractivity contribution in [1.29, 1.82) is 0 Å². The lowest BCUT2D eigenvalue weighted by Crippen LogP contribution is -2.38. The summed E-state index contributed by atoms with van der Waals surface area (Å²) in [7, 11) is -3.21. The molecule has 0 unspecified atom stereocenters. The number of anilines is 1. The lowest BCUT2D eigenvalue weighted by Gasteiger charge is -2.23. The van der Waals surface area contributed by atoms with Crippen LogP contribution in [0.3, 0.4) is 0 Å². The minimum Gasteiger partial charge on any atom is -0.462 e. The van der Waals surface area contributed by atoms with Gasteiger partial charge in [-0.3, -0.25) is 4.90 Å². The predicted octanol–water partition coefficient (Wildman–Crippen LogP) is 3.01. The van der Waals surface area contributed by atoms with Crippen molar-refractivity contribution in [2.75, 3.05) is 44.4 Å². The van der Waals surface area contributed by atoms with Crippen molar-refractivity contribution >= 4 is 27.5 Å². The summed E-state index contributed by atoms with van der Waals surface area (Å²) in [4.78, 5) is 29.3. The highest BCUT2D eigenvalue weighted by Crippen LogP contribution is 2.18. The topological polar surface area (TPSA) is 96.0 Å². The number of benzene rings is 2. The number of carbonyl (C=O) groups is 2. The van der Waals surface area contributed by atoms with Crippen LogP contribution in [0.2, 0.25) is 0 Å². The van der Waals surface area contributed by atoms with Gasteiger partial charge in [0.25, 0.3) is 0 Å². The molecule has 0 spiro atoms. The summed E-state index contributed by atoms with van der Waals surface area (Å²) in [6.07, 6.45) is 2.01. The van der Waals surface area contributed by atoms with E-state index in [9.17, 15) is 18.0 Å². The normalized spacial score (nSPS) is 15.1. The van der Waals surface area contributed by atoms with Gasteiger partial charge in [-0.2, -0.15) is 0 Å². The van der Waals surface area contributed by atoms with Crippen molar-refractivity contribution in [3.8, 4) is 0 Å². The smallest absolute Gasteiger partial charge is 0.340 e. The summed E-state index contributed by atoms with van der Waals surface area (Å²) in [5, 5.41) is 2.84. The number of rotatable bonds is 6. The Balaban J connectivity index is 1.58. The fourth-order valence-electron chi connectivity index (χ4n) is 3.61. The van der Waals surface area contributed by atoms with Gasteiger partial charge in [0.15, 0.2) is 9.84 Å². The second-order valence-electron chi connectivity index (χ2n) is 7.73. The minimum absolute atomic E-state index is 0.249. The molecule has 32 heavy (non-hydrogen) atoms. The maximum Gasteiger partial charge on any atom is 0.340 e. The Morgan fingerprint density at radius 3 is 2.41 bits per heavy atom. The van der Waals surface area contributed by atoms with Crippen LogP contribution in [0, 0.1) is 0 Å². The fraction of sp³-hybridized carbons (Fsp3) is 0.391. The van der Waals surface area contributed by atoms with E-state index in [1.807, 2.05) is 12.1 Å². The maximum atomic E-state index is 12.8. The third-order valence-electron chi connectivity index (χ3n) is 5.30. The molecule has 1 saturated heterocycles. The van der Waals surface area contributed by atoms with E-state index in [4.69, 9.17) is 4.74 Å². The number of nitrogens with one attached hydrogen (secondary N) is 1. The van der Waals surface area contributed by atoms with E-state index >= 15 is 0 Å². The number of carbonyl (C=O) groups excluding carboxylic acids is 2. The molecule has 1 aliphatic heterocycles. The fourth-order valence-corrected chi connectivity index (χ4v) is 4.24. The van der Waals surface area contributed by atoms with Gasteiger partial charge in [-0.25, -0.2) is 18.0 Å². The van der Waals surface area contributed by atoms with Crippen molar-refractivity contribution in [3.05, 3.63) is 59.7 Å². The molecule has 3 rings (SSSR count). The molecule has 1 heterocycles. The number of nitrogens with zero attached hydrogens (tertiary/aromatic N) is 2. The third kappa shape index (κ3) is 6.30. The number of amides is 2. The number of esters is 1. The van der Waals surface area contributed by atoms with Crippen LogP contribution in [0.1, 0.15) is 29.3 Å². The van der Waals surface area contributed by atoms with E-state index < -0.39 is 15.8 Å². The van der Waals surface area contributed by atoms with E-state index in [0.29, 0.717) is 42.3 Å². The largest absolute Gasteiger partial charge is 0.462 e. The third-order valence-corrected chi connectivity index (χ3v) is 6.43. The van der Waals surface area contributed by atoms with E-state index in [1.165, 1.54) is 6.26 Å². The van der Waals surface area contributed by atoms with Crippen LogP contribution in [0.25, 0.3) is 0 Å². The van der Waals surface area contributed by atoms with Crippen LogP contribution < -0.4 is 5.32 Å². The Morgan fingerprint density at radius 2 is 1.72 bits per heavy atom. The zero-order valence-corrected chi connectivity index (χ0v) is 19.2. The number of ether oxygens (including phenoxy) is 1. The molecule has 1 aliphatic rings. The summed E-state index contributed by atoms with van der Waals surface area (Å²) < 4.78 is 28.3. The second kappa shape index (κ2) is 10.6. The van der Waals surface area contributed by atoms with Gasteiger partial charge >= 0.3 is 12.0 Å². The van der Waals surface area contributed by atoms with Crippen LogP contribution in [0.4, 0.5) is 10.5 Å². The molecule has 0 bridgehead atoms. The van der Waals surface area contributed by atoms with Gasteiger partial charge in [-0.15, -0.1) is 0 Å². The minimum atomic E-state index is -3.21.